The highest BCUT2D eigenvalue weighted by Gasteiger charge is 2.33. The van der Waals surface area contributed by atoms with Crippen LogP contribution in [-0.4, -0.2) is 33.8 Å². The lowest BCUT2D eigenvalue weighted by Gasteiger charge is -2.37. The van der Waals surface area contributed by atoms with E-state index in [1.165, 1.54) is 6.20 Å². The number of nitrogens with zero attached hydrogens (tertiary/aromatic N) is 2. The van der Waals surface area contributed by atoms with Crippen molar-refractivity contribution < 1.29 is 15.0 Å². The molecule has 1 saturated carbocycles. The summed E-state index contributed by atoms with van der Waals surface area (Å²) in [6.07, 6.45) is 3.79. The first-order chi connectivity index (χ1) is 8.63. The van der Waals surface area contributed by atoms with Gasteiger partial charge in [-0.25, -0.2) is 4.98 Å². The van der Waals surface area contributed by atoms with E-state index >= 15 is 0 Å². The second-order valence-corrected chi connectivity index (χ2v) is 5.17. The van der Waals surface area contributed by atoms with Crippen LogP contribution in [0.15, 0.2) is 12.3 Å². The van der Waals surface area contributed by atoms with Crippen molar-refractivity contribution in [1.82, 2.24) is 4.98 Å². The Bertz CT molecular complexity index is 483. The van der Waals surface area contributed by atoms with Crippen molar-refractivity contribution >= 4 is 11.7 Å². The van der Waals surface area contributed by atoms with Gasteiger partial charge in [0.15, 0.2) is 0 Å². The van der Waals surface area contributed by atoms with Gasteiger partial charge in [-0.3, -0.25) is 9.69 Å². The number of aromatic nitrogens is 1. The zero-order valence-corrected chi connectivity index (χ0v) is 10.0. The van der Waals surface area contributed by atoms with Gasteiger partial charge in [0, 0.05) is 13.0 Å². The summed E-state index contributed by atoms with van der Waals surface area (Å²) in [4.78, 5) is 17.8. The van der Waals surface area contributed by atoms with Crippen LogP contribution in [0.25, 0.3) is 0 Å². The van der Waals surface area contributed by atoms with Crippen LogP contribution in [0.3, 0.4) is 0 Å². The van der Waals surface area contributed by atoms with Crippen LogP contribution in [0.2, 0.25) is 0 Å². The molecule has 0 bridgehead atoms. The lowest BCUT2D eigenvalue weighted by Crippen LogP contribution is -2.44. The van der Waals surface area contributed by atoms with Gasteiger partial charge in [0.1, 0.15) is 11.6 Å². The molecule has 1 aromatic heterocycles. The molecule has 1 aromatic rings. The van der Waals surface area contributed by atoms with Crippen LogP contribution < -0.4 is 4.90 Å². The maximum Gasteiger partial charge on any atom is 0.228 e. The zero-order chi connectivity index (χ0) is 12.7. The fourth-order valence-electron chi connectivity index (χ4n) is 2.71. The van der Waals surface area contributed by atoms with E-state index in [9.17, 15) is 15.0 Å². The monoisotopic (exact) mass is 248 g/mol. The molecule has 2 aliphatic rings. The molecular weight excluding hydrogens is 232 g/mol. The molecule has 18 heavy (non-hydrogen) atoms. The molecule has 1 amide bonds. The Kier molecular flexibility index (Phi) is 2.70. The first-order valence-corrected chi connectivity index (χ1v) is 6.30. The second-order valence-electron chi connectivity index (χ2n) is 5.17. The lowest BCUT2D eigenvalue weighted by molar-refractivity contribution is -0.119. The average molecular weight is 248 g/mol. The molecule has 3 rings (SSSR count). The van der Waals surface area contributed by atoms with Crippen LogP contribution in [-0.2, 0) is 11.2 Å². The first kappa shape index (κ1) is 11.5. The molecule has 5 nitrogen and oxygen atoms in total. The number of fused-ring (bicyclic) bond motifs is 1. The number of pyridine rings is 1. The number of hydrogen-bond donors (Lipinski definition) is 2. The van der Waals surface area contributed by atoms with Crippen molar-refractivity contribution in [3.05, 3.63) is 17.8 Å². The maximum atomic E-state index is 12.0. The predicted octanol–water partition coefficient (Wildman–Crippen LogP) is 0.837. The third-order valence-corrected chi connectivity index (χ3v) is 3.74. The summed E-state index contributed by atoms with van der Waals surface area (Å²) < 4.78 is 0. The number of carbonyl (C=O) groups excluding carboxylic acids is 1. The van der Waals surface area contributed by atoms with E-state index in [0.717, 1.165) is 18.4 Å². The highest BCUT2D eigenvalue weighted by molar-refractivity contribution is 5.95. The number of amides is 1. The molecule has 1 aliphatic heterocycles. The number of carbonyl (C=O) groups is 1. The Morgan fingerprint density at radius 1 is 1.39 bits per heavy atom. The van der Waals surface area contributed by atoms with E-state index in [-0.39, 0.29) is 17.8 Å². The number of aliphatic hydroxyl groups is 1. The summed E-state index contributed by atoms with van der Waals surface area (Å²) in [5.74, 6) is 1.26. The summed E-state index contributed by atoms with van der Waals surface area (Å²) in [6.45, 7) is 0.626. The SMILES string of the molecule is O=C1CCc2cc(O)cnc2N1CC1CC(O)C1. The molecule has 0 spiro atoms. The molecule has 2 N–H and O–H groups in total. The van der Waals surface area contributed by atoms with Gasteiger partial charge in [0.2, 0.25) is 5.91 Å². The van der Waals surface area contributed by atoms with Crippen LogP contribution in [0, 0.1) is 5.92 Å². The summed E-state index contributed by atoms with van der Waals surface area (Å²) in [6, 6.07) is 1.68. The zero-order valence-electron chi connectivity index (χ0n) is 10.0. The van der Waals surface area contributed by atoms with Crippen molar-refractivity contribution in [3.8, 4) is 5.75 Å². The van der Waals surface area contributed by atoms with E-state index in [4.69, 9.17) is 0 Å². The molecule has 0 saturated heterocycles. The lowest BCUT2D eigenvalue weighted by atomic mass is 9.82. The van der Waals surface area contributed by atoms with Crippen molar-refractivity contribution in [2.75, 3.05) is 11.4 Å². The molecule has 0 aromatic carbocycles. The fourth-order valence-corrected chi connectivity index (χ4v) is 2.71. The molecular formula is C13H16N2O3. The smallest absolute Gasteiger partial charge is 0.228 e. The average Bonchev–Trinajstić information content (AvgIpc) is 2.30. The number of aromatic hydroxyl groups is 1. The Hall–Kier alpha value is -1.62. The van der Waals surface area contributed by atoms with Crippen LogP contribution >= 0.6 is 0 Å². The van der Waals surface area contributed by atoms with Gasteiger partial charge < -0.3 is 10.2 Å². The number of hydrogen-bond acceptors (Lipinski definition) is 4. The predicted molar refractivity (Wildman–Crippen MR) is 65.3 cm³/mol. The first-order valence-electron chi connectivity index (χ1n) is 6.30. The third kappa shape index (κ3) is 1.95. The number of aliphatic hydroxyl groups excluding tert-OH is 1. The van der Waals surface area contributed by atoms with Gasteiger partial charge in [0.25, 0.3) is 0 Å². The maximum absolute atomic E-state index is 12.0. The largest absolute Gasteiger partial charge is 0.506 e. The number of aryl methyl sites for hydroxylation is 1. The van der Waals surface area contributed by atoms with E-state index in [0.29, 0.717) is 31.1 Å². The molecule has 0 atom stereocenters. The fraction of sp³-hybridized carbons (Fsp3) is 0.538. The van der Waals surface area contributed by atoms with Gasteiger partial charge in [-0.2, -0.15) is 0 Å². The molecule has 5 heteroatoms. The Balaban J connectivity index is 1.83. The minimum Gasteiger partial charge on any atom is -0.506 e. The molecule has 0 unspecified atom stereocenters. The molecule has 0 radical (unpaired) electrons. The minimum absolute atomic E-state index is 0.0853. The van der Waals surface area contributed by atoms with Crippen molar-refractivity contribution in [3.63, 3.8) is 0 Å². The number of anilines is 1. The van der Waals surface area contributed by atoms with Crippen LogP contribution in [0.1, 0.15) is 24.8 Å². The van der Waals surface area contributed by atoms with Gasteiger partial charge in [0.05, 0.1) is 12.3 Å². The minimum atomic E-state index is -0.206. The van der Waals surface area contributed by atoms with Gasteiger partial charge in [-0.1, -0.05) is 0 Å². The summed E-state index contributed by atoms with van der Waals surface area (Å²) >= 11 is 0. The topological polar surface area (TPSA) is 73.7 Å². The normalized spacial score (nSPS) is 26.7. The molecule has 96 valence electrons. The summed E-state index contributed by atoms with van der Waals surface area (Å²) in [5.41, 5.74) is 0.925. The Labute approximate surface area is 105 Å². The van der Waals surface area contributed by atoms with Crippen molar-refractivity contribution in [1.29, 1.82) is 0 Å². The van der Waals surface area contributed by atoms with E-state index in [2.05, 4.69) is 4.98 Å². The van der Waals surface area contributed by atoms with E-state index in [1.54, 1.807) is 11.0 Å². The van der Waals surface area contributed by atoms with E-state index in [1.807, 2.05) is 0 Å². The molecule has 1 fully saturated rings. The Morgan fingerprint density at radius 3 is 2.89 bits per heavy atom. The quantitative estimate of drug-likeness (QED) is 0.813. The summed E-state index contributed by atoms with van der Waals surface area (Å²) in [7, 11) is 0. The van der Waals surface area contributed by atoms with Gasteiger partial charge in [-0.05, 0) is 36.8 Å². The third-order valence-electron chi connectivity index (χ3n) is 3.74. The summed E-state index contributed by atoms with van der Waals surface area (Å²) in [5, 5.41) is 18.7. The van der Waals surface area contributed by atoms with Crippen molar-refractivity contribution in [2.24, 2.45) is 5.92 Å². The van der Waals surface area contributed by atoms with Gasteiger partial charge in [-0.15, -0.1) is 0 Å². The second kappa shape index (κ2) is 4.24. The van der Waals surface area contributed by atoms with Crippen molar-refractivity contribution in [2.45, 2.75) is 31.8 Å². The van der Waals surface area contributed by atoms with E-state index < -0.39 is 0 Å². The number of rotatable bonds is 2. The molecule has 2 heterocycles. The highest BCUT2D eigenvalue weighted by atomic mass is 16.3. The Morgan fingerprint density at radius 2 is 2.17 bits per heavy atom. The molecule has 1 aliphatic carbocycles. The highest BCUT2D eigenvalue weighted by Crippen LogP contribution is 2.33. The van der Waals surface area contributed by atoms with Gasteiger partial charge >= 0.3 is 0 Å². The van der Waals surface area contributed by atoms with Crippen LogP contribution in [0.4, 0.5) is 5.82 Å². The van der Waals surface area contributed by atoms with Crippen LogP contribution in [0.5, 0.6) is 5.75 Å². The standard InChI is InChI=1S/C13H16N2O3/c16-10-3-8(4-10)7-15-12(18)2-1-9-5-11(17)6-14-13(9)15/h5-6,8,10,16-17H,1-4,7H2.